The fraction of sp³-hybridized carbons (Fsp3) is 0.882. The molecule has 0 N–H and O–H groups in total. The molecule has 0 aromatic rings. The molecule has 1 saturated carbocycles. The van der Waals surface area contributed by atoms with Crippen molar-refractivity contribution in [1.29, 1.82) is 0 Å². The van der Waals surface area contributed by atoms with Gasteiger partial charge in [-0.1, -0.05) is 47.0 Å². The number of hydrogen-bond acceptors (Lipinski definition) is 1. The first-order valence-corrected chi connectivity index (χ1v) is 11.0. The van der Waals surface area contributed by atoms with Gasteiger partial charge in [0.15, 0.2) is 0 Å². The van der Waals surface area contributed by atoms with Gasteiger partial charge in [0.1, 0.15) is 0 Å². The third kappa shape index (κ3) is 4.98. The van der Waals surface area contributed by atoms with E-state index in [1.165, 1.54) is 38.5 Å². The Morgan fingerprint density at radius 2 is 1.74 bits per heavy atom. The first-order chi connectivity index (χ1) is 8.78. The van der Waals surface area contributed by atoms with Gasteiger partial charge in [0.25, 0.3) is 0 Å². The smallest absolute Gasteiger partial charge is 0.249 e. The van der Waals surface area contributed by atoms with Gasteiger partial charge >= 0.3 is 0 Å². The van der Waals surface area contributed by atoms with Gasteiger partial charge in [-0.25, -0.2) is 0 Å². The molecule has 0 aromatic carbocycles. The monoisotopic (exact) mass is 282 g/mol. The van der Waals surface area contributed by atoms with Crippen LogP contribution in [0.4, 0.5) is 0 Å². The molecule has 0 aliphatic heterocycles. The quantitative estimate of drug-likeness (QED) is 0.435. The summed E-state index contributed by atoms with van der Waals surface area (Å²) < 4.78 is 6.18. The average molecular weight is 283 g/mol. The molecule has 1 aliphatic carbocycles. The third-order valence-electron chi connectivity index (χ3n) is 5.22. The second-order valence-corrected chi connectivity index (χ2v) is 12.4. The number of rotatable bonds is 5. The molecule has 112 valence electrons. The lowest BCUT2D eigenvalue weighted by Gasteiger charge is -2.35. The Hall–Kier alpha value is -0.243. The largest absolute Gasteiger partial charge is 0.549 e. The summed E-state index contributed by atoms with van der Waals surface area (Å²) in [6, 6.07) is 0. The number of hydrogen-bond donors (Lipinski definition) is 0. The lowest BCUT2D eigenvalue weighted by atomic mass is 9.79. The first kappa shape index (κ1) is 16.8. The summed E-state index contributed by atoms with van der Waals surface area (Å²) in [5.41, 5.74) is 0. The van der Waals surface area contributed by atoms with Crippen molar-refractivity contribution in [3.63, 3.8) is 0 Å². The minimum absolute atomic E-state index is 0.296. The molecule has 1 fully saturated rings. The molecule has 0 bridgehead atoms. The molecule has 0 heterocycles. The Bertz CT molecular complexity index is 282. The van der Waals surface area contributed by atoms with Crippen molar-refractivity contribution in [1.82, 2.24) is 0 Å². The van der Waals surface area contributed by atoms with Crippen LogP contribution in [0.1, 0.15) is 66.2 Å². The summed E-state index contributed by atoms with van der Waals surface area (Å²) in [6.45, 7) is 13.8. The Morgan fingerprint density at radius 1 is 1.16 bits per heavy atom. The lowest BCUT2D eigenvalue weighted by Crippen LogP contribution is -2.39. The molecule has 0 aromatic heterocycles. The van der Waals surface area contributed by atoms with E-state index < -0.39 is 8.32 Å². The molecule has 0 saturated heterocycles. The predicted molar refractivity (Wildman–Crippen MR) is 87.8 cm³/mol. The minimum Gasteiger partial charge on any atom is -0.549 e. The maximum absolute atomic E-state index is 6.18. The van der Waals surface area contributed by atoms with E-state index >= 15 is 0 Å². The van der Waals surface area contributed by atoms with E-state index in [4.69, 9.17) is 4.43 Å². The number of allylic oxidation sites excluding steroid dienone is 1. The summed E-state index contributed by atoms with van der Waals surface area (Å²) in [5, 5.41) is 0.296. The van der Waals surface area contributed by atoms with Crippen molar-refractivity contribution in [2.75, 3.05) is 0 Å². The van der Waals surface area contributed by atoms with Gasteiger partial charge in [-0.2, -0.15) is 0 Å². The highest BCUT2D eigenvalue weighted by molar-refractivity contribution is 6.74. The first-order valence-electron chi connectivity index (χ1n) is 8.12. The molecule has 1 atom stereocenters. The van der Waals surface area contributed by atoms with Crippen molar-refractivity contribution in [2.24, 2.45) is 11.8 Å². The summed E-state index contributed by atoms with van der Waals surface area (Å²) >= 11 is 0. The van der Waals surface area contributed by atoms with E-state index in [0.717, 1.165) is 11.8 Å². The standard InChI is InChI=1S/C17H34OSi/c1-7-15(16-11-9-8-10-12-16)13-14-18-19(5,6)17(2,3)4/h13-16H,7-12H2,1-6H3/b14-13+. The summed E-state index contributed by atoms with van der Waals surface area (Å²) in [5.74, 6) is 1.63. The zero-order valence-corrected chi connectivity index (χ0v) is 15.0. The van der Waals surface area contributed by atoms with Gasteiger partial charge in [0, 0.05) is 0 Å². The second kappa shape index (κ2) is 6.96. The van der Waals surface area contributed by atoms with E-state index in [9.17, 15) is 0 Å². The fourth-order valence-corrected chi connectivity index (χ4v) is 3.45. The summed E-state index contributed by atoms with van der Waals surface area (Å²) in [7, 11) is -1.62. The van der Waals surface area contributed by atoms with Crippen LogP contribution in [-0.4, -0.2) is 8.32 Å². The van der Waals surface area contributed by atoms with Gasteiger partial charge in [-0.3, -0.25) is 0 Å². The van der Waals surface area contributed by atoms with Crippen molar-refractivity contribution in [3.05, 3.63) is 12.3 Å². The molecule has 0 spiro atoms. The molecule has 0 radical (unpaired) electrons. The van der Waals surface area contributed by atoms with Gasteiger partial charge in [-0.05, 0) is 55.3 Å². The Labute approximate surface area is 122 Å². The van der Waals surface area contributed by atoms with Crippen molar-refractivity contribution in [3.8, 4) is 0 Å². The highest BCUT2D eigenvalue weighted by Crippen LogP contribution is 2.37. The van der Waals surface area contributed by atoms with Crippen LogP contribution in [0.3, 0.4) is 0 Å². The van der Waals surface area contributed by atoms with Crippen molar-refractivity contribution >= 4 is 8.32 Å². The van der Waals surface area contributed by atoms with E-state index in [1.54, 1.807) is 0 Å². The second-order valence-electron chi connectivity index (χ2n) is 7.68. The van der Waals surface area contributed by atoms with Crippen LogP contribution in [0.15, 0.2) is 12.3 Å². The molecule has 1 aliphatic rings. The van der Waals surface area contributed by atoms with Crippen molar-refractivity contribution in [2.45, 2.75) is 84.4 Å². The Kier molecular flexibility index (Phi) is 6.16. The molecule has 0 amide bonds. The molecule has 2 heteroatoms. The lowest BCUT2D eigenvalue weighted by molar-refractivity contribution is 0.277. The normalized spacial score (nSPS) is 20.7. The van der Waals surface area contributed by atoms with Crippen LogP contribution < -0.4 is 0 Å². The molecular formula is C17H34OSi. The third-order valence-corrected chi connectivity index (χ3v) is 9.56. The Morgan fingerprint density at radius 3 is 2.21 bits per heavy atom. The Balaban J connectivity index is 2.53. The molecule has 1 rings (SSSR count). The van der Waals surface area contributed by atoms with E-state index in [0.29, 0.717) is 5.04 Å². The SMILES string of the molecule is CCC(/C=C/O[Si](C)(C)C(C)(C)C)C1CCCCC1. The zero-order valence-electron chi connectivity index (χ0n) is 14.0. The van der Waals surface area contributed by atoms with Crippen LogP contribution in [0.5, 0.6) is 0 Å². The minimum atomic E-state index is -1.62. The highest BCUT2D eigenvalue weighted by atomic mass is 28.4. The van der Waals surface area contributed by atoms with Crippen LogP contribution in [-0.2, 0) is 4.43 Å². The van der Waals surface area contributed by atoms with Gasteiger partial charge < -0.3 is 4.43 Å². The van der Waals surface area contributed by atoms with E-state index in [2.05, 4.69) is 46.9 Å². The summed E-state index contributed by atoms with van der Waals surface area (Å²) in [4.78, 5) is 0. The molecule has 19 heavy (non-hydrogen) atoms. The van der Waals surface area contributed by atoms with E-state index in [-0.39, 0.29) is 0 Å². The van der Waals surface area contributed by atoms with Crippen LogP contribution >= 0.6 is 0 Å². The van der Waals surface area contributed by atoms with Crippen LogP contribution in [0.2, 0.25) is 18.1 Å². The van der Waals surface area contributed by atoms with Gasteiger partial charge in [0.2, 0.25) is 8.32 Å². The van der Waals surface area contributed by atoms with Crippen LogP contribution in [0.25, 0.3) is 0 Å². The van der Waals surface area contributed by atoms with Gasteiger partial charge in [-0.15, -0.1) is 0 Å². The highest BCUT2D eigenvalue weighted by Gasteiger charge is 2.38. The van der Waals surface area contributed by atoms with E-state index in [1.807, 2.05) is 6.26 Å². The topological polar surface area (TPSA) is 9.23 Å². The molecule has 1 unspecified atom stereocenters. The average Bonchev–Trinajstić information content (AvgIpc) is 2.34. The maximum Gasteiger partial charge on any atom is 0.249 e. The van der Waals surface area contributed by atoms with Gasteiger partial charge in [0.05, 0.1) is 6.26 Å². The predicted octanol–water partition coefficient (Wildman–Crippen LogP) is 6.13. The fourth-order valence-electron chi connectivity index (χ4n) is 2.68. The van der Waals surface area contributed by atoms with Crippen LogP contribution in [0, 0.1) is 11.8 Å². The van der Waals surface area contributed by atoms with Crippen molar-refractivity contribution < 1.29 is 4.43 Å². The molecule has 1 nitrogen and oxygen atoms in total. The molecular weight excluding hydrogens is 248 g/mol. The zero-order chi connectivity index (χ0) is 14.5. The maximum atomic E-state index is 6.18. The summed E-state index contributed by atoms with van der Waals surface area (Å²) in [6.07, 6.45) is 12.8.